The first kappa shape index (κ1) is 21.1. The summed E-state index contributed by atoms with van der Waals surface area (Å²) in [6, 6.07) is 12.1. The van der Waals surface area contributed by atoms with Gasteiger partial charge in [-0.1, -0.05) is 30.3 Å². The molecular formula is C23H27F2N5O. The van der Waals surface area contributed by atoms with Crippen LogP contribution < -0.4 is 15.5 Å². The predicted molar refractivity (Wildman–Crippen MR) is 117 cm³/mol. The molecule has 2 aliphatic heterocycles. The van der Waals surface area contributed by atoms with Gasteiger partial charge in [0.15, 0.2) is 5.96 Å². The Morgan fingerprint density at radius 1 is 1.10 bits per heavy atom. The molecule has 1 amide bonds. The van der Waals surface area contributed by atoms with E-state index in [1.807, 2.05) is 17.0 Å². The number of benzene rings is 2. The zero-order chi connectivity index (χ0) is 21.8. The molecule has 8 heteroatoms. The summed E-state index contributed by atoms with van der Waals surface area (Å²) in [6.07, 6.45) is 1.57. The molecule has 1 fully saturated rings. The molecule has 0 radical (unpaired) electrons. The highest BCUT2D eigenvalue weighted by Crippen LogP contribution is 2.26. The number of guanidine groups is 1. The Morgan fingerprint density at radius 2 is 1.84 bits per heavy atom. The number of nitrogens with one attached hydrogen (secondary N) is 2. The van der Waals surface area contributed by atoms with Gasteiger partial charge in [-0.25, -0.2) is 8.78 Å². The Bertz CT molecular complexity index is 960. The topological polar surface area (TPSA) is 60.0 Å². The lowest BCUT2D eigenvalue weighted by Gasteiger charge is -2.29. The van der Waals surface area contributed by atoms with Crippen molar-refractivity contribution in [2.45, 2.75) is 25.4 Å². The largest absolute Gasteiger partial charge is 0.365 e. The van der Waals surface area contributed by atoms with Crippen LogP contribution >= 0.6 is 0 Å². The van der Waals surface area contributed by atoms with Crippen molar-refractivity contribution in [2.24, 2.45) is 4.99 Å². The van der Waals surface area contributed by atoms with Crippen LogP contribution in [0.4, 0.5) is 14.5 Å². The number of carbonyl (C=O) groups excluding carboxylic acids is 1. The minimum atomic E-state index is -0.558. The average molecular weight is 427 g/mol. The summed E-state index contributed by atoms with van der Waals surface area (Å²) in [7, 11) is 1.64. The van der Waals surface area contributed by atoms with Crippen molar-refractivity contribution < 1.29 is 13.6 Å². The molecule has 1 atom stereocenters. The summed E-state index contributed by atoms with van der Waals surface area (Å²) in [5.74, 6) is -0.598. The number of amides is 1. The third-order valence-corrected chi connectivity index (χ3v) is 5.90. The molecule has 1 unspecified atom stereocenters. The van der Waals surface area contributed by atoms with Gasteiger partial charge >= 0.3 is 0 Å². The first-order chi connectivity index (χ1) is 15.0. The second-order valence-electron chi connectivity index (χ2n) is 7.91. The van der Waals surface area contributed by atoms with Crippen LogP contribution in [-0.4, -0.2) is 56.0 Å². The number of hydrogen-bond donors (Lipinski definition) is 2. The fourth-order valence-electron chi connectivity index (χ4n) is 4.24. The van der Waals surface area contributed by atoms with Crippen LogP contribution in [0.15, 0.2) is 47.5 Å². The van der Waals surface area contributed by atoms with Gasteiger partial charge in [-0.3, -0.25) is 9.79 Å². The Morgan fingerprint density at radius 3 is 2.58 bits per heavy atom. The van der Waals surface area contributed by atoms with E-state index in [0.717, 1.165) is 6.42 Å². The van der Waals surface area contributed by atoms with E-state index in [9.17, 15) is 13.6 Å². The molecule has 0 aromatic heterocycles. The van der Waals surface area contributed by atoms with E-state index < -0.39 is 11.6 Å². The maximum atomic E-state index is 14.1. The van der Waals surface area contributed by atoms with Crippen molar-refractivity contribution in [3.63, 3.8) is 0 Å². The second-order valence-corrected chi connectivity index (χ2v) is 7.91. The maximum absolute atomic E-state index is 14.1. The highest BCUT2D eigenvalue weighted by Gasteiger charge is 2.27. The quantitative estimate of drug-likeness (QED) is 0.581. The van der Waals surface area contributed by atoms with Crippen LogP contribution in [-0.2, 0) is 17.8 Å². The van der Waals surface area contributed by atoms with Crippen LogP contribution in [0, 0.1) is 11.6 Å². The van der Waals surface area contributed by atoms with Gasteiger partial charge in [0.2, 0.25) is 5.91 Å². The van der Waals surface area contributed by atoms with E-state index in [1.165, 1.54) is 29.3 Å². The summed E-state index contributed by atoms with van der Waals surface area (Å²) < 4.78 is 28.1. The van der Waals surface area contributed by atoms with Crippen molar-refractivity contribution >= 4 is 17.6 Å². The smallest absolute Gasteiger partial charge is 0.242 e. The van der Waals surface area contributed by atoms with Crippen LogP contribution in [0.2, 0.25) is 0 Å². The first-order valence-electron chi connectivity index (χ1n) is 10.6. The number of nitrogens with zero attached hydrogens (tertiary/aromatic N) is 3. The van der Waals surface area contributed by atoms with Crippen molar-refractivity contribution in [2.75, 3.05) is 38.1 Å². The predicted octanol–water partition coefficient (Wildman–Crippen LogP) is 2.29. The van der Waals surface area contributed by atoms with Gasteiger partial charge in [-0.2, -0.15) is 0 Å². The third kappa shape index (κ3) is 4.78. The molecule has 164 valence electrons. The molecule has 31 heavy (non-hydrogen) atoms. The van der Waals surface area contributed by atoms with Gasteiger partial charge in [0.1, 0.15) is 17.3 Å². The van der Waals surface area contributed by atoms with Gasteiger partial charge in [0.25, 0.3) is 0 Å². The molecule has 0 aliphatic carbocycles. The van der Waals surface area contributed by atoms with Crippen molar-refractivity contribution in [3.8, 4) is 0 Å². The first-order valence-corrected chi connectivity index (χ1v) is 10.6. The van der Waals surface area contributed by atoms with Gasteiger partial charge in [-0.05, 0) is 36.1 Å². The fraction of sp³-hybridized carbons (Fsp3) is 0.391. The number of rotatable bonds is 4. The lowest BCUT2D eigenvalue weighted by atomic mass is 10.00. The molecule has 2 N–H and O–H groups in total. The van der Waals surface area contributed by atoms with Crippen LogP contribution in [0.3, 0.4) is 0 Å². The average Bonchev–Trinajstić information content (AvgIpc) is 3.23. The summed E-state index contributed by atoms with van der Waals surface area (Å²) in [5, 5.41) is 6.34. The summed E-state index contributed by atoms with van der Waals surface area (Å²) in [5.41, 5.74) is 2.50. The van der Waals surface area contributed by atoms with Crippen LogP contribution in [0.5, 0.6) is 0 Å². The number of fused-ring (bicyclic) bond motifs is 1. The molecule has 6 nitrogen and oxygen atoms in total. The van der Waals surface area contributed by atoms with Crippen molar-refractivity contribution in [1.82, 2.24) is 15.5 Å². The summed E-state index contributed by atoms with van der Waals surface area (Å²) >= 11 is 0. The highest BCUT2D eigenvalue weighted by molar-refractivity contribution is 5.86. The highest BCUT2D eigenvalue weighted by atomic mass is 19.1. The number of aliphatic imine (C=N–C) groups is 1. The fourth-order valence-corrected chi connectivity index (χ4v) is 4.24. The standard InChI is InChI=1S/C23H27F2N5O/c1-26-23(27-13-21(31)29-11-9-16-5-2-3-6-17(16)14-29)28-18-10-12-30(15-18)22-19(24)7-4-8-20(22)25/h2-8,18H,9-15H2,1H3,(H2,26,27,28). The molecule has 2 aliphatic rings. The monoisotopic (exact) mass is 427 g/mol. The van der Waals surface area contributed by atoms with E-state index >= 15 is 0 Å². The Labute approximate surface area is 180 Å². The van der Waals surface area contributed by atoms with Crippen LogP contribution in [0.25, 0.3) is 0 Å². The SMILES string of the molecule is CN=C(NCC(=O)N1CCc2ccccc2C1)NC1CCN(c2c(F)cccc2F)C1. The minimum absolute atomic E-state index is 0.00954. The Kier molecular flexibility index (Phi) is 6.34. The van der Waals surface area contributed by atoms with Crippen LogP contribution in [0.1, 0.15) is 17.5 Å². The summed E-state index contributed by atoms with van der Waals surface area (Å²) in [6.45, 7) is 2.46. The molecule has 4 rings (SSSR count). The second kappa shape index (κ2) is 9.32. The van der Waals surface area contributed by atoms with E-state index in [-0.39, 0.29) is 24.2 Å². The van der Waals surface area contributed by atoms with Gasteiger partial charge in [0.05, 0.1) is 6.54 Å². The molecule has 1 saturated heterocycles. The normalized spacial score (nSPS) is 18.7. The summed E-state index contributed by atoms with van der Waals surface area (Å²) in [4.78, 5) is 20.4. The van der Waals surface area contributed by atoms with E-state index in [1.54, 1.807) is 11.9 Å². The van der Waals surface area contributed by atoms with Crippen molar-refractivity contribution in [1.29, 1.82) is 0 Å². The number of carbonyl (C=O) groups is 1. The Balaban J connectivity index is 1.28. The zero-order valence-corrected chi connectivity index (χ0v) is 17.6. The van der Waals surface area contributed by atoms with E-state index in [0.29, 0.717) is 38.6 Å². The van der Waals surface area contributed by atoms with Crippen molar-refractivity contribution in [3.05, 3.63) is 65.2 Å². The number of anilines is 1. The molecule has 0 spiro atoms. The van der Waals surface area contributed by atoms with Gasteiger partial charge in [-0.15, -0.1) is 0 Å². The third-order valence-electron chi connectivity index (χ3n) is 5.90. The lowest BCUT2D eigenvalue weighted by Crippen LogP contribution is -2.49. The van der Waals surface area contributed by atoms with E-state index in [2.05, 4.69) is 27.8 Å². The van der Waals surface area contributed by atoms with Gasteiger partial charge in [0, 0.05) is 39.3 Å². The van der Waals surface area contributed by atoms with Gasteiger partial charge < -0.3 is 20.4 Å². The molecule has 2 heterocycles. The molecule has 0 bridgehead atoms. The Hall–Kier alpha value is -3.16. The van der Waals surface area contributed by atoms with E-state index in [4.69, 9.17) is 0 Å². The molecule has 0 saturated carbocycles. The number of halogens is 2. The lowest BCUT2D eigenvalue weighted by molar-refractivity contribution is -0.130. The minimum Gasteiger partial charge on any atom is -0.365 e. The molecular weight excluding hydrogens is 400 g/mol. The number of para-hydroxylation sites is 1. The zero-order valence-electron chi connectivity index (χ0n) is 17.6. The maximum Gasteiger partial charge on any atom is 0.242 e. The molecule has 2 aromatic carbocycles. The number of hydrogen-bond acceptors (Lipinski definition) is 3. The molecule has 2 aromatic rings.